The van der Waals surface area contributed by atoms with Gasteiger partial charge in [-0.25, -0.2) is 14.6 Å². The van der Waals surface area contributed by atoms with Gasteiger partial charge in [0, 0.05) is 0 Å². The molecule has 0 heterocycles. The van der Waals surface area contributed by atoms with Gasteiger partial charge < -0.3 is 15.8 Å². The van der Waals surface area contributed by atoms with Crippen LogP contribution < -0.4 is 16.5 Å². The Balaban J connectivity index is 0.000000488. The van der Waals surface area contributed by atoms with Crippen molar-refractivity contribution in [2.24, 2.45) is 11.7 Å². The summed E-state index contributed by atoms with van der Waals surface area (Å²) in [6.07, 6.45) is 0.419. The molecular weight excluding hydrogens is 488 g/mol. The normalized spacial score (nSPS) is 11.5. The van der Waals surface area contributed by atoms with Crippen LogP contribution in [-0.2, 0) is 31.0 Å². The van der Waals surface area contributed by atoms with Gasteiger partial charge in [-0.15, -0.1) is 0 Å². The summed E-state index contributed by atoms with van der Waals surface area (Å²) in [7, 11) is -2.76. The Morgan fingerprint density at radius 1 is 1.06 bits per heavy atom. The SMILES string of the molecule is COC(=O)[C@H](CC(C)C)NC(=O)N(Cc1ccccc1)NC(=O)CN.Cc1ccc(S(=O)(=O)O)cc1. The molecule has 2 aromatic rings. The Bertz CT molecular complexity index is 1090. The summed E-state index contributed by atoms with van der Waals surface area (Å²) < 4.78 is 34.3. The molecule has 0 saturated carbocycles. The van der Waals surface area contributed by atoms with Gasteiger partial charge in [0.05, 0.1) is 25.1 Å². The van der Waals surface area contributed by atoms with E-state index in [0.717, 1.165) is 16.1 Å². The first-order valence-electron chi connectivity index (χ1n) is 11.1. The molecule has 0 aliphatic carbocycles. The molecule has 36 heavy (non-hydrogen) atoms. The number of hydrogen-bond donors (Lipinski definition) is 4. The maximum absolute atomic E-state index is 12.6. The van der Waals surface area contributed by atoms with E-state index in [1.54, 1.807) is 12.1 Å². The second kappa shape index (κ2) is 14.8. The topological polar surface area (TPSA) is 168 Å². The summed E-state index contributed by atoms with van der Waals surface area (Å²) in [4.78, 5) is 36.0. The van der Waals surface area contributed by atoms with Crippen LogP contribution in [0, 0.1) is 12.8 Å². The number of aryl methyl sites for hydroxylation is 1. The molecule has 1 atom stereocenters. The molecule has 3 amide bonds. The first kappa shape index (κ1) is 30.6. The van der Waals surface area contributed by atoms with Crippen LogP contribution in [0.3, 0.4) is 0 Å². The Labute approximate surface area is 211 Å². The average molecular weight is 523 g/mol. The quantitative estimate of drug-likeness (QED) is 0.232. The summed E-state index contributed by atoms with van der Waals surface area (Å²) in [6.45, 7) is 5.58. The molecule has 0 aromatic heterocycles. The van der Waals surface area contributed by atoms with Gasteiger partial charge in [-0.1, -0.05) is 61.9 Å². The number of nitrogens with zero attached hydrogens (tertiary/aromatic N) is 1. The molecule has 2 aromatic carbocycles. The van der Waals surface area contributed by atoms with Gasteiger partial charge >= 0.3 is 12.0 Å². The van der Waals surface area contributed by atoms with Crippen molar-refractivity contribution in [1.29, 1.82) is 0 Å². The number of rotatable bonds is 8. The van der Waals surface area contributed by atoms with Crippen molar-refractivity contribution in [3.8, 4) is 0 Å². The minimum Gasteiger partial charge on any atom is -0.467 e. The molecule has 11 nitrogen and oxygen atoms in total. The number of benzene rings is 2. The number of esters is 1. The molecule has 0 bridgehead atoms. The van der Waals surface area contributed by atoms with Gasteiger partial charge in [0.1, 0.15) is 6.04 Å². The molecule has 12 heteroatoms. The van der Waals surface area contributed by atoms with Crippen molar-refractivity contribution in [2.75, 3.05) is 13.7 Å². The summed E-state index contributed by atoms with van der Waals surface area (Å²) in [5.74, 6) is -0.873. The zero-order valence-electron chi connectivity index (χ0n) is 20.8. The lowest BCUT2D eigenvalue weighted by molar-refractivity contribution is -0.143. The third kappa shape index (κ3) is 11.3. The zero-order chi connectivity index (χ0) is 27.3. The Morgan fingerprint density at radius 3 is 2.11 bits per heavy atom. The highest BCUT2D eigenvalue weighted by Gasteiger charge is 2.26. The van der Waals surface area contributed by atoms with Crippen LogP contribution in [0.2, 0.25) is 0 Å². The van der Waals surface area contributed by atoms with Crippen molar-refractivity contribution in [1.82, 2.24) is 15.8 Å². The number of amides is 3. The third-order valence-corrected chi connectivity index (χ3v) is 5.55. The molecule has 198 valence electrons. The number of nitrogens with two attached hydrogens (primary N) is 1. The van der Waals surface area contributed by atoms with E-state index in [-0.39, 0.29) is 23.9 Å². The van der Waals surface area contributed by atoms with E-state index >= 15 is 0 Å². The first-order valence-corrected chi connectivity index (χ1v) is 12.5. The standard InChI is InChI=1S/C17H26N4O4.C7H8O3S/c1-12(2)9-14(16(23)25-3)19-17(24)21(20-15(22)10-18)11-13-7-5-4-6-8-13;1-6-2-4-7(5-3-6)11(8,9)10/h4-8,12,14H,9-11,18H2,1-3H3,(H,19,24)(H,20,22);2-5H,1H3,(H,8,9,10)/t14-;/m0./s1. The van der Waals surface area contributed by atoms with Crippen LogP contribution in [0.25, 0.3) is 0 Å². The number of urea groups is 1. The van der Waals surface area contributed by atoms with Crippen LogP contribution in [-0.4, -0.2) is 55.6 Å². The van der Waals surface area contributed by atoms with Crippen LogP contribution in [0.5, 0.6) is 0 Å². The van der Waals surface area contributed by atoms with Crippen molar-refractivity contribution in [2.45, 2.75) is 44.7 Å². The highest BCUT2D eigenvalue weighted by atomic mass is 32.2. The predicted molar refractivity (Wildman–Crippen MR) is 134 cm³/mol. The van der Waals surface area contributed by atoms with Crippen LogP contribution in [0.4, 0.5) is 4.79 Å². The van der Waals surface area contributed by atoms with Crippen LogP contribution in [0.15, 0.2) is 59.5 Å². The number of methoxy groups -OCH3 is 1. The second-order valence-corrected chi connectivity index (χ2v) is 9.68. The lowest BCUT2D eigenvalue weighted by atomic mass is 10.0. The summed E-state index contributed by atoms with van der Waals surface area (Å²) in [5, 5.41) is 3.70. The molecule has 0 radical (unpaired) electrons. The Morgan fingerprint density at radius 2 is 1.64 bits per heavy atom. The van der Waals surface area contributed by atoms with Crippen molar-refractivity contribution in [3.05, 3.63) is 65.7 Å². The van der Waals surface area contributed by atoms with Gasteiger partial charge in [0.15, 0.2) is 0 Å². The van der Waals surface area contributed by atoms with Crippen molar-refractivity contribution < 1.29 is 32.1 Å². The monoisotopic (exact) mass is 522 g/mol. The summed E-state index contributed by atoms with van der Waals surface area (Å²) >= 11 is 0. The Kier molecular flexibility index (Phi) is 12.6. The van der Waals surface area contributed by atoms with Crippen molar-refractivity contribution in [3.63, 3.8) is 0 Å². The fraction of sp³-hybridized carbons (Fsp3) is 0.375. The fourth-order valence-corrected chi connectivity index (χ4v) is 3.37. The number of carbonyl (C=O) groups excluding carboxylic acids is 3. The maximum Gasteiger partial charge on any atom is 0.337 e. The van der Waals surface area contributed by atoms with E-state index in [4.69, 9.17) is 15.0 Å². The minimum atomic E-state index is -4.02. The van der Waals surface area contributed by atoms with Gasteiger partial charge in [-0.05, 0) is 37.0 Å². The highest BCUT2D eigenvalue weighted by Crippen LogP contribution is 2.09. The van der Waals surface area contributed by atoms with E-state index in [9.17, 15) is 22.8 Å². The molecule has 0 aliphatic rings. The number of ether oxygens (including phenoxy) is 1. The van der Waals surface area contributed by atoms with E-state index in [2.05, 4.69) is 10.7 Å². The van der Waals surface area contributed by atoms with Gasteiger partial charge in [0.2, 0.25) is 0 Å². The summed E-state index contributed by atoms with van der Waals surface area (Å²) in [5.41, 5.74) is 9.51. The second-order valence-electron chi connectivity index (χ2n) is 8.25. The van der Waals surface area contributed by atoms with E-state index in [1.807, 2.05) is 51.1 Å². The molecule has 0 unspecified atom stereocenters. The van der Waals surface area contributed by atoms with Crippen molar-refractivity contribution >= 4 is 28.0 Å². The molecular formula is C24H34N4O7S. The molecule has 5 N–H and O–H groups in total. The predicted octanol–water partition coefficient (Wildman–Crippen LogP) is 2.02. The zero-order valence-corrected chi connectivity index (χ0v) is 21.6. The molecule has 0 aliphatic heterocycles. The number of hydrogen-bond acceptors (Lipinski definition) is 7. The minimum absolute atomic E-state index is 0.0666. The van der Waals surface area contributed by atoms with Crippen LogP contribution in [0.1, 0.15) is 31.4 Å². The van der Waals surface area contributed by atoms with Gasteiger partial charge in [-0.2, -0.15) is 8.42 Å². The molecule has 0 saturated heterocycles. The average Bonchev–Trinajstić information content (AvgIpc) is 2.83. The third-order valence-electron chi connectivity index (χ3n) is 4.68. The first-order chi connectivity index (χ1) is 16.9. The largest absolute Gasteiger partial charge is 0.467 e. The van der Waals surface area contributed by atoms with Crippen LogP contribution >= 0.6 is 0 Å². The van der Waals surface area contributed by atoms with E-state index < -0.39 is 34.1 Å². The van der Waals surface area contributed by atoms with Gasteiger partial charge in [0.25, 0.3) is 16.0 Å². The van der Waals surface area contributed by atoms with E-state index in [0.29, 0.717) is 6.42 Å². The summed E-state index contributed by atoms with van der Waals surface area (Å²) in [6, 6.07) is 13.7. The highest BCUT2D eigenvalue weighted by molar-refractivity contribution is 7.85. The smallest absolute Gasteiger partial charge is 0.337 e. The Hall–Kier alpha value is -3.48. The lowest BCUT2D eigenvalue weighted by Crippen LogP contribution is -2.55. The molecule has 2 rings (SSSR count). The van der Waals surface area contributed by atoms with Gasteiger partial charge in [-0.3, -0.25) is 14.8 Å². The number of carbonyl (C=O) groups is 3. The fourth-order valence-electron chi connectivity index (χ4n) is 2.89. The lowest BCUT2D eigenvalue weighted by Gasteiger charge is -2.26. The molecule has 0 fully saturated rings. The number of hydrazine groups is 1. The maximum atomic E-state index is 12.6. The number of nitrogens with one attached hydrogen (secondary N) is 2. The van der Waals surface area contributed by atoms with E-state index in [1.165, 1.54) is 19.2 Å². The molecule has 0 spiro atoms.